The second-order valence-corrected chi connectivity index (χ2v) is 4.27. The lowest BCUT2D eigenvalue weighted by atomic mass is 10.2. The van der Waals surface area contributed by atoms with Crippen LogP contribution in [0.1, 0.15) is 17.4 Å². The zero-order valence-corrected chi connectivity index (χ0v) is 10.3. The second-order valence-electron chi connectivity index (χ2n) is 3.42. The van der Waals surface area contributed by atoms with Crippen LogP contribution in [0.2, 0.25) is 0 Å². The Morgan fingerprint density at radius 3 is 2.61 bits per heavy atom. The van der Waals surface area contributed by atoms with Crippen LogP contribution in [0.25, 0.3) is 10.6 Å². The highest BCUT2D eigenvalue weighted by molar-refractivity contribution is 7.13. The predicted octanol–water partition coefficient (Wildman–Crippen LogP) is 3.27. The summed E-state index contributed by atoms with van der Waals surface area (Å²) < 4.78 is 30.9. The fourth-order valence-electron chi connectivity index (χ4n) is 1.38. The van der Waals surface area contributed by atoms with Crippen molar-refractivity contribution >= 4 is 17.3 Å². The fourth-order valence-corrected chi connectivity index (χ4v) is 2.16. The van der Waals surface area contributed by atoms with E-state index < -0.39 is 17.6 Å². The lowest BCUT2D eigenvalue weighted by Gasteiger charge is -1.98. The molecule has 18 heavy (non-hydrogen) atoms. The molecule has 1 aromatic heterocycles. The Labute approximate surface area is 106 Å². The van der Waals surface area contributed by atoms with Crippen LogP contribution >= 0.6 is 11.3 Å². The molecule has 2 aromatic rings. The molecule has 0 fully saturated rings. The maximum absolute atomic E-state index is 13.0. The third-order valence-electron chi connectivity index (χ3n) is 2.10. The highest BCUT2D eigenvalue weighted by atomic mass is 32.1. The highest BCUT2D eigenvalue weighted by Crippen LogP contribution is 2.25. The van der Waals surface area contributed by atoms with E-state index in [-0.39, 0.29) is 12.3 Å². The molecule has 0 aliphatic rings. The van der Waals surface area contributed by atoms with Crippen molar-refractivity contribution in [2.45, 2.75) is 6.92 Å². The number of thiazole rings is 1. The van der Waals surface area contributed by atoms with Crippen molar-refractivity contribution in [3.63, 3.8) is 0 Å². The maximum Gasteiger partial charge on any atom is 0.357 e. The summed E-state index contributed by atoms with van der Waals surface area (Å²) >= 11 is 1.13. The second kappa shape index (κ2) is 5.22. The number of halogens is 2. The summed E-state index contributed by atoms with van der Waals surface area (Å²) in [6.07, 6.45) is 0. The van der Waals surface area contributed by atoms with Gasteiger partial charge in [0.1, 0.15) is 16.6 Å². The van der Waals surface area contributed by atoms with Crippen molar-refractivity contribution in [2.24, 2.45) is 0 Å². The molecule has 0 spiro atoms. The number of nitrogens with zero attached hydrogens (tertiary/aromatic N) is 1. The molecule has 0 saturated carbocycles. The normalized spacial score (nSPS) is 10.4. The first kappa shape index (κ1) is 12.6. The van der Waals surface area contributed by atoms with Gasteiger partial charge in [0.2, 0.25) is 0 Å². The first-order valence-electron chi connectivity index (χ1n) is 5.19. The van der Waals surface area contributed by atoms with Crippen LogP contribution in [0.3, 0.4) is 0 Å². The number of benzene rings is 1. The first-order valence-corrected chi connectivity index (χ1v) is 6.07. The predicted molar refractivity (Wildman–Crippen MR) is 63.4 cm³/mol. The number of carbonyl (C=O) groups excluding carboxylic acids is 1. The molecule has 0 saturated heterocycles. The summed E-state index contributed by atoms with van der Waals surface area (Å²) in [5, 5.41) is 1.87. The lowest BCUT2D eigenvalue weighted by Crippen LogP contribution is -2.04. The van der Waals surface area contributed by atoms with E-state index in [9.17, 15) is 13.6 Å². The Balaban J connectivity index is 2.32. The van der Waals surface area contributed by atoms with Gasteiger partial charge in [-0.2, -0.15) is 0 Å². The Kier molecular flexibility index (Phi) is 3.66. The van der Waals surface area contributed by atoms with Crippen molar-refractivity contribution in [3.05, 3.63) is 40.9 Å². The summed E-state index contributed by atoms with van der Waals surface area (Å²) in [6.45, 7) is 1.94. The van der Waals surface area contributed by atoms with Crippen molar-refractivity contribution in [1.29, 1.82) is 0 Å². The minimum Gasteiger partial charge on any atom is -0.461 e. The number of carbonyl (C=O) groups is 1. The van der Waals surface area contributed by atoms with Gasteiger partial charge in [-0.1, -0.05) is 0 Å². The zero-order chi connectivity index (χ0) is 13.1. The molecule has 0 aliphatic heterocycles. The average Bonchev–Trinajstić information content (AvgIpc) is 2.77. The van der Waals surface area contributed by atoms with Gasteiger partial charge in [-0.15, -0.1) is 11.3 Å². The molecule has 0 amide bonds. The molecule has 94 valence electrons. The monoisotopic (exact) mass is 269 g/mol. The van der Waals surface area contributed by atoms with Crippen LogP contribution in [0.4, 0.5) is 8.78 Å². The van der Waals surface area contributed by atoms with Gasteiger partial charge in [-0.05, 0) is 19.1 Å². The third kappa shape index (κ3) is 2.70. The Morgan fingerprint density at radius 2 is 2.00 bits per heavy atom. The largest absolute Gasteiger partial charge is 0.461 e. The molecule has 1 heterocycles. The van der Waals surface area contributed by atoms with Crippen molar-refractivity contribution < 1.29 is 18.3 Å². The number of rotatable bonds is 3. The van der Waals surface area contributed by atoms with E-state index in [2.05, 4.69) is 4.98 Å². The van der Waals surface area contributed by atoms with Crippen molar-refractivity contribution in [1.82, 2.24) is 4.98 Å². The molecule has 0 N–H and O–H groups in total. The molecule has 2 rings (SSSR count). The SMILES string of the molecule is CCOC(=O)c1csc(-c2cc(F)cc(F)c2)n1. The summed E-state index contributed by atoms with van der Waals surface area (Å²) in [6, 6.07) is 3.11. The summed E-state index contributed by atoms with van der Waals surface area (Å²) in [5.41, 5.74) is 0.439. The third-order valence-corrected chi connectivity index (χ3v) is 2.99. The van der Waals surface area contributed by atoms with E-state index in [4.69, 9.17) is 4.74 Å². The van der Waals surface area contributed by atoms with Crippen LogP contribution in [0, 0.1) is 11.6 Å². The Morgan fingerprint density at radius 1 is 1.33 bits per heavy atom. The highest BCUT2D eigenvalue weighted by Gasteiger charge is 2.13. The molecular formula is C12H9F2NO2S. The van der Waals surface area contributed by atoms with Crippen molar-refractivity contribution in [2.75, 3.05) is 6.61 Å². The van der Waals surface area contributed by atoms with Crippen LogP contribution in [0.15, 0.2) is 23.6 Å². The van der Waals surface area contributed by atoms with Gasteiger partial charge in [0, 0.05) is 17.0 Å². The van der Waals surface area contributed by atoms with Gasteiger partial charge in [0.15, 0.2) is 5.69 Å². The van der Waals surface area contributed by atoms with Crippen LogP contribution in [-0.2, 0) is 4.74 Å². The van der Waals surface area contributed by atoms with Gasteiger partial charge in [0.05, 0.1) is 6.61 Å². The molecule has 0 aliphatic carbocycles. The summed E-state index contributed by atoms with van der Waals surface area (Å²) in [4.78, 5) is 15.4. The molecular weight excluding hydrogens is 260 g/mol. The quantitative estimate of drug-likeness (QED) is 0.803. The first-order chi connectivity index (χ1) is 8.60. The topological polar surface area (TPSA) is 39.2 Å². The minimum atomic E-state index is -0.683. The minimum absolute atomic E-state index is 0.140. The van der Waals surface area contributed by atoms with Gasteiger partial charge in [0.25, 0.3) is 0 Å². The smallest absolute Gasteiger partial charge is 0.357 e. The fraction of sp³-hybridized carbons (Fsp3) is 0.167. The molecule has 0 atom stereocenters. The van der Waals surface area contributed by atoms with E-state index in [1.54, 1.807) is 6.92 Å². The van der Waals surface area contributed by atoms with Gasteiger partial charge in [-0.25, -0.2) is 18.6 Å². The molecule has 1 aromatic carbocycles. The number of hydrogen-bond donors (Lipinski definition) is 0. The van der Waals surface area contributed by atoms with E-state index in [1.165, 1.54) is 5.38 Å². The van der Waals surface area contributed by atoms with Crippen LogP contribution < -0.4 is 0 Å². The molecule has 0 unspecified atom stereocenters. The molecule has 3 nitrogen and oxygen atoms in total. The van der Waals surface area contributed by atoms with Crippen LogP contribution in [0.5, 0.6) is 0 Å². The summed E-state index contributed by atoms with van der Waals surface area (Å²) in [7, 11) is 0. The molecule has 0 radical (unpaired) electrons. The van der Waals surface area contributed by atoms with E-state index >= 15 is 0 Å². The van der Waals surface area contributed by atoms with Crippen LogP contribution in [-0.4, -0.2) is 17.6 Å². The zero-order valence-electron chi connectivity index (χ0n) is 9.44. The van der Waals surface area contributed by atoms with E-state index in [0.717, 1.165) is 29.5 Å². The molecule has 0 bridgehead atoms. The van der Waals surface area contributed by atoms with Gasteiger partial charge < -0.3 is 4.74 Å². The standard InChI is InChI=1S/C12H9F2NO2S/c1-2-17-12(16)10-6-18-11(15-10)7-3-8(13)5-9(14)4-7/h3-6H,2H2,1H3. The number of ether oxygens (including phenoxy) is 1. The van der Waals surface area contributed by atoms with Gasteiger partial charge in [-0.3, -0.25) is 0 Å². The average molecular weight is 269 g/mol. The van der Waals surface area contributed by atoms with Crippen molar-refractivity contribution in [3.8, 4) is 10.6 Å². The Hall–Kier alpha value is -1.82. The summed E-state index contributed by atoms with van der Waals surface area (Å²) in [5.74, 6) is -1.91. The Bertz CT molecular complexity index is 563. The number of hydrogen-bond acceptors (Lipinski definition) is 4. The van der Waals surface area contributed by atoms with E-state index in [0.29, 0.717) is 10.6 Å². The van der Waals surface area contributed by atoms with Gasteiger partial charge >= 0.3 is 5.97 Å². The maximum atomic E-state index is 13.0. The molecule has 6 heteroatoms. The van der Waals surface area contributed by atoms with E-state index in [1.807, 2.05) is 0 Å². The lowest BCUT2D eigenvalue weighted by molar-refractivity contribution is 0.0520. The number of esters is 1. The number of aromatic nitrogens is 1.